The summed E-state index contributed by atoms with van der Waals surface area (Å²) in [6.45, 7) is 3.50. The topological polar surface area (TPSA) is 52.6 Å². The van der Waals surface area contributed by atoms with E-state index in [1.165, 1.54) is 0 Å². The average molecular weight is 309 g/mol. The molecule has 2 fully saturated rings. The molecule has 2 saturated heterocycles. The normalized spacial score (nSPS) is 24.5. The molecular weight excluding hydrogens is 288 g/mol. The minimum absolute atomic E-state index is 0.0422. The molecule has 1 spiro atoms. The Kier molecular flexibility index (Phi) is 4.20. The first kappa shape index (κ1) is 14.8. The van der Waals surface area contributed by atoms with Crippen LogP contribution >= 0.6 is 11.6 Å². The van der Waals surface area contributed by atoms with Crippen LogP contribution in [0.2, 0.25) is 5.02 Å². The Labute approximate surface area is 130 Å². The molecule has 0 radical (unpaired) electrons. The van der Waals surface area contributed by atoms with E-state index in [9.17, 15) is 9.90 Å². The van der Waals surface area contributed by atoms with Crippen LogP contribution in [-0.2, 0) is 0 Å². The summed E-state index contributed by atoms with van der Waals surface area (Å²) in [6.07, 6.45) is 2.06. The molecule has 1 atom stereocenters. The Morgan fingerprint density at radius 2 is 2.00 bits per heavy atom. The summed E-state index contributed by atoms with van der Waals surface area (Å²) < 4.78 is 0. The van der Waals surface area contributed by atoms with Crippen molar-refractivity contribution in [3.05, 3.63) is 34.9 Å². The molecule has 4 nitrogen and oxygen atoms in total. The van der Waals surface area contributed by atoms with Crippen molar-refractivity contribution in [3.63, 3.8) is 0 Å². The van der Waals surface area contributed by atoms with Gasteiger partial charge in [0, 0.05) is 36.2 Å². The summed E-state index contributed by atoms with van der Waals surface area (Å²) in [5, 5.41) is 13.7. The summed E-state index contributed by atoms with van der Waals surface area (Å²) in [6, 6.07) is 7.03. The molecule has 0 bridgehead atoms. The SMILES string of the molecule is O=C(c1ccc(Cl)cc1)N1CC(CO)C2(CCNCC2)C1. The summed E-state index contributed by atoms with van der Waals surface area (Å²) in [7, 11) is 0. The van der Waals surface area contributed by atoms with Crippen LogP contribution in [0.4, 0.5) is 0 Å². The van der Waals surface area contributed by atoms with Crippen LogP contribution in [0.25, 0.3) is 0 Å². The fourth-order valence-corrected chi connectivity index (χ4v) is 3.83. The lowest BCUT2D eigenvalue weighted by Crippen LogP contribution is -2.43. The predicted molar refractivity (Wildman–Crippen MR) is 82.5 cm³/mol. The smallest absolute Gasteiger partial charge is 0.253 e. The zero-order valence-electron chi connectivity index (χ0n) is 12.0. The van der Waals surface area contributed by atoms with Crippen LogP contribution in [0.5, 0.6) is 0 Å². The third-order valence-corrected chi connectivity index (χ3v) is 5.26. The van der Waals surface area contributed by atoms with Gasteiger partial charge in [-0.1, -0.05) is 11.6 Å². The molecule has 1 aromatic rings. The molecule has 2 heterocycles. The Balaban J connectivity index is 1.77. The van der Waals surface area contributed by atoms with Gasteiger partial charge in [0.1, 0.15) is 0 Å². The molecule has 21 heavy (non-hydrogen) atoms. The lowest BCUT2D eigenvalue weighted by molar-refractivity contribution is 0.0756. The molecular formula is C16H21ClN2O2. The van der Waals surface area contributed by atoms with Gasteiger partial charge in [-0.2, -0.15) is 0 Å². The second-order valence-electron chi connectivity index (χ2n) is 6.18. The zero-order valence-corrected chi connectivity index (χ0v) is 12.8. The van der Waals surface area contributed by atoms with Crippen molar-refractivity contribution in [1.29, 1.82) is 0 Å². The highest BCUT2D eigenvalue weighted by Crippen LogP contribution is 2.43. The first-order valence-electron chi connectivity index (χ1n) is 7.51. The summed E-state index contributed by atoms with van der Waals surface area (Å²) in [5.74, 6) is 0.233. The zero-order chi connectivity index (χ0) is 14.9. The number of carbonyl (C=O) groups is 1. The van der Waals surface area contributed by atoms with E-state index >= 15 is 0 Å². The average Bonchev–Trinajstić information content (AvgIpc) is 2.86. The number of benzene rings is 1. The van der Waals surface area contributed by atoms with Crippen molar-refractivity contribution < 1.29 is 9.90 Å². The van der Waals surface area contributed by atoms with Gasteiger partial charge in [-0.3, -0.25) is 4.79 Å². The van der Waals surface area contributed by atoms with Crippen LogP contribution in [-0.4, -0.2) is 48.7 Å². The number of nitrogens with one attached hydrogen (secondary N) is 1. The third kappa shape index (κ3) is 2.80. The molecule has 1 unspecified atom stereocenters. The number of aliphatic hydroxyl groups excluding tert-OH is 1. The van der Waals surface area contributed by atoms with Crippen molar-refractivity contribution >= 4 is 17.5 Å². The molecule has 3 rings (SSSR count). The number of amides is 1. The summed E-state index contributed by atoms with van der Waals surface area (Å²) in [5.41, 5.74) is 0.754. The number of carbonyl (C=O) groups excluding carboxylic acids is 1. The van der Waals surface area contributed by atoms with Gasteiger partial charge in [-0.25, -0.2) is 0 Å². The van der Waals surface area contributed by atoms with Gasteiger partial charge >= 0.3 is 0 Å². The first-order valence-corrected chi connectivity index (χ1v) is 7.89. The Bertz CT molecular complexity index is 512. The molecule has 0 aliphatic carbocycles. The van der Waals surface area contributed by atoms with Crippen molar-refractivity contribution in [1.82, 2.24) is 10.2 Å². The number of likely N-dealkylation sites (tertiary alicyclic amines) is 1. The van der Waals surface area contributed by atoms with Crippen LogP contribution in [0.3, 0.4) is 0 Å². The molecule has 0 saturated carbocycles. The number of hydrogen-bond acceptors (Lipinski definition) is 3. The molecule has 1 amide bonds. The van der Waals surface area contributed by atoms with Crippen molar-refractivity contribution in [2.45, 2.75) is 12.8 Å². The molecule has 0 aromatic heterocycles. The highest BCUT2D eigenvalue weighted by atomic mass is 35.5. The molecule has 2 aliphatic heterocycles. The molecule has 2 N–H and O–H groups in total. The van der Waals surface area contributed by atoms with E-state index in [2.05, 4.69) is 5.32 Å². The maximum absolute atomic E-state index is 12.6. The molecule has 5 heteroatoms. The number of halogens is 1. The van der Waals surface area contributed by atoms with E-state index in [1.807, 2.05) is 4.90 Å². The van der Waals surface area contributed by atoms with Gasteiger partial charge in [0.25, 0.3) is 5.91 Å². The molecule has 2 aliphatic rings. The maximum Gasteiger partial charge on any atom is 0.253 e. The van der Waals surface area contributed by atoms with Crippen LogP contribution in [0.1, 0.15) is 23.2 Å². The minimum Gasteiger partial charge on any atom is -0.396 e. The van der Waals surface area contributed by atoms with Gasteiger partial charge in [0.05, 0.1) is 0 Å². The lowest BCUT2D eigenvalue weighted by Gasteiger charge is -2.37. The van der Waals surface area contributed by atoms with Crippen molar-refractivity contribution in [2.24, 2.45) is 11.3 Å². The number of piperidine rings is 1. The number of hydrogen-bond donors (Lipinski definition) is 2. The number of nitrogens with zero attached hydrogens (tertiary/aromatic N) is 1. The number of aliphatic hydroxyl groups is 1. The summed E-state index contributed by atoms with van der Waals surface area (Å²) >= 11 is 5.87. The lowest BCUT2D eigenvalue weighted by atomic mass is 9.71. The monoisotopic (exact) mass is 308 g/mol. The largest absolute Gasteiger partial charge is 0.396 e. The highest BCUT2D eigenvalue weighted by Gasteiger charge is 2.47. The van der Waals surface area contributed by atoms with Crippen molar-refractivity contribution in [3.8, 4) is 0 Å². The van der Waals surface area contributed by atoms with Crippen LogP contribution < -0.4 is 5.32 Å². The predicted octanol–water partition coefficient (Wildman–Crippen LogP) is 1.77. The Morgan fingerprint density at radius 3 is 2.62 bits per heavy atom. The molecule has 1 aromatic carbocycles. The van der Waals surface area contributed by atoms with Gasteiger partial charge in [-0.05, 0) is 55.6 Å². The van der Waals surface area contributed by atoms with E-state index in [0.29, 0.717) is 17.1 Å². The maximum atomic E-state index is 12.6. The van der Waals surface area contributed by atoms with Gasteiger partial charge in [0.2, 0.25) is 0 Å². The second kappa shape index (κ2) is 5.95. The van der Waals surface area contributed by atoms with E-state index in [1.54, 1.807) is 24.3 Å². The standard InChI is InChI=1S/C16H21ClN2O2/c17-14-3-1-12(2-4-14)15(21)19-9-13(10-20)16(11-19)5-7-18-8-6-16/h1-4,13,18,20H,5-11H2. The minimum atomic E-state index is 0.0422. The quantitative estimate of drug-likeness (QED) is 0.875. The fourth-order valence-electron chi connectivity index (χ4n) is 3.71. The van der Waals surface area contributed by atoms with Crippen molar-refractivity contribution in [2.75, 3.05) is 32.8 Å². The van der Waals surface area contributed by atoms with E-state index in [-0.39, 0.29) is 23.8 Å². The van der Waals surface area contributed by atoms with Gasteiger partial charge < -0.3 is 15.3 Å². The Hall–Kier alpha value is -1.10. The van der Waals surface area contributed by atoms with Gasteiger partial charge in [0.15, 0.2) is 0 Å². The first-order chi connectivity index (χ1) is 10.1. The van der Waals surface area contributed by atoms with E-state index in [4.69, 9.17) is 11.6 Å². The fraction of sp³-hybridized carbons (Fsp3) is 0.562. The van der Waals surface area contributed by atoms with Crippen LogP contribution in [0, 0.1) is 11.3 Å². The Morgan fingerprint density at radius 1 is 1.33 bits per heavy atom. The van der Waals surface area contributed by atoms with Crippen LogP contribution in [0.15, 0.2) is 24.3 Å². The second-order valence-corrected chi connectivity index (χ2v) is 6.62. The third-order valence-electron chi connectivity index (χ3n) is 5.01. The molecule has 114 valence electrons. The number of rotatable bonds is 2. The highest BCUT2D eigenvalue weighted by molar-refractivity contribution is 6.30. The van der Waals surface area contributed by atoms with E-state index < -0.39 is 0 Å². The van der Waals surface area contributed by atoms with Gasteiger partial charge in [-0.15, -0.1) is 0 Å². The summed E-state index contributed by atoms with van der Waals surface area (Å²) in [4.78, 5) is 14.5. The van der Waals surface area contributed by atoms with E-state index in [0.717, 1.165) is 32.5 Å².